The third kappa shape index (κ3) is 6.39. The number of hydrogen-bond acceptors (Lipinski definition) is 5. The van der Waals surface area contributed by atoms with Gasteiger partial charge in [-0.1, -0.05) is 32.0 Å². The summed E-state index contributed by atoms with van der Waals surface area (Å²) in [5.41, 5.74) is 1.39. The van der Waals surface area contributed by atoms with Crippen LogP contribution >= 0.6 is 0 Å². The van der Waals surface area contributed by atoms with Gasteiger partial charge in [0.05, 0.1) is 11.0 Å². The molecule has 0 aliphatic carbocycles. The number of rotatable bonds is 9. The van der Waals surface area contributed by atoms with Crippen molar-refractivity contribution >= 4 is 23.2 Å². The average Bonchev–Trinajstić information content (AvgIpc) is 2.70. The minimum absolute atomic E-state index is 0.0472. The van der Waals surface area contributed by atoms with Crippen molar-refractivity contribution in [1.82, 2.24) is 5.32 Å². The number of nitro groups is 1. The van der Waals surface area contributed by atoms with Gasteiger partial charge in [0.25, 0.3) is 11.6 Å². The van der Waals surface area contributed by atoms with E-state index in [9.17, 15) is 19.7 Å². The fraction of sp³-hybridized carbons (Fsp3) is 0.300. The first-order chi connectivity index (χ1) is 13.4. The number of ether oxygens (including phenoxy) is 1. The van der Waals surface area contributed by atoms with Gasteiger partial charge in [0.2, 0.25) is 5.91 Å². The van der Waals surface area contributed by atoms with E-state index in [1.54, 1.807) is 24.3 Å². The number of nitrogens with zero attached hydrogens (tertiary/aromatic N) is 1. The van der Waals surface area contributed by atoms with Gasteiger partial charge in [0, 0.05) is 24.2 Å². The summed E-state index contributed by atoms with van der Waals surface area (Å²) >= 11 is 0. The number of nitro benzene ring substituents is 1. The molecule has 0 aliphatic rings. The van der Waals surface area contributed by atoms with E-state index in [4.69, 9.17) is 4.74 Å². The molecule has 2 aromatic carbocycles. The molecule has 0 bridgehead atoms. The Morgan fingerprint density at radius 2 is 1.93 bits per heavy atom. The van der Waals surface area contributed by atoms with E-state index in [-0.39, 0.29) is 42.3 Å². The van der Waals surface area contributed by atoms with Crippen molar-refractivity contribution in [3.05, 3.63) is 64.2 Å². The molecular formula is C20H23N3O5. The van der Waals surface area contributed by atoms with Crippen LogP contribution in [-0.4, -0.2) is 23.3 Å². The number of nitrogens with one attached hydrogen (secondary N) is 2. The normalized spacial score (nSPS) is 11.4. The first-order valence-corrected chi connectivity index (χ1v) is 8.92. The van der Waals surface area contributed by atoms with Crippen LogP contribution in [0.1, 0.15) is 25.8 Å². The van der Waals surface area contributed by atoms with Crippen molar-refractivity contribution in [2.24, 2.45) is 5.92 Å². The second-order valence-corrected chi connectivity index (χ2v) is 6.32. The Morgan fingerprint density at radius 1 is 1.18 bits per heavy atom. The number of carbonyl (C=O) groups is 2. The monoisotopic (exact) mass is 385 g/mol. The molecule has 8 heteroatoms. The Morgan fingerprint density at radius 3 is 2.64 bits per heavy atom. The van der Waals surface area contributed by atoms with Gasteiger partial charge in [0.1, 0.15) is 5.75 Å². The summed E-state index contributed by atoms with van der Waals surface area (Å²) in [5, 5.41) is 16.3. The SMILES string of the molecule is CCC(C)C(=O)Nc1cccc(CNC(=O)COc2cccc([N+](=O)[O-])c2)c1. The topological polar surface area (TPSA) is 111 Å². The molecule has 0 saturated carbocycles. The molecule has 0 heterocycles. The zero-order valence-electron chi connectivity index (χ0n) is 15.8. The van der Waals surface area contributed by atoms with Crippen molar-refractivity contribution in [2.75, 3.05) is 11.9 Å². The van der Waals surface area contributed by atoms with Gasteiger partial charge in [-0.05, 0) is 30.2 Å². The van der Waals surface area contributed by atoms with E-state index < -0.39 is 4.92 Å². The third-order valence-corrected chi connectivity index (χ3v) is 4.14. The average molecular weight is 385 g/mol. The quantitative estimate of drug-likeness (QED) is 0.508. The first-order valence-electron chi connectivity index (χ1n) is 8.92. The Labute approximate surface area is 163 Å². The minimum Gasteiger partial charge on any atom is -0.484 e. The highest BCUT2D eigenvalue weighted by Crippen LogP contribution is 2.19. The number of carbonyl (C=O) groups excluding carboxylic acids is 2. The highest BCUT2D eigenvalue weighted by Gasteiger charge is 2.11. The summed E-state index contributed by atoms with van der Waals surface area (Å²) in [6.45, 7) is 3.82. The summed E-state index contributed by atoms with van der Waals surface area (Å²) in [4.78, 5) is 34.1. The van der Waals surface area contributed by atoms with E-state index in [1.165, 1.54) is 18.2 Å². The van der Waals surface area contributed by atoms with E-state index in [1.807, 2.05) is 19.9 Å². The molecule has 8 nitrogen and oxygen atoms in total. The van der Waals surface area contributed by atoms with Crippen LogP contribution in [-0.2, 0) is 16.1 Å². The van der Waals surface area contributed by atoms with Gasteiger partial charge >= 0.3 is 0 Å². The molecule has 2 aromatic rings. The number of amides is 2. The molecule has 148 valence electrons. The van der Waals surface area contributed by atoms with Gasteiger partial charge in [-0.2, -0.15) is 0 Å². The molecule has 0 radical (unpaired) electrons. The van der Waals surface area contributed by atoms with Crippen LogP contribution in [0.5, 0.6) is 5.75 Å². The predicted molar refractivity (Wildman–Crippen MR) is 105 cm³/mol. The second-order valence-electron chi connectivity index (χ2n) is 6.32. The Bertz CT molecular complexity index is 853. The Kier molecular flexibility index (Phi) is 7.50. The molecule has 0 fully saturated rings. The standard InChI is InChI=1S/C20H23N3O5/c1-3-14(2)20(25)22-16-7-4-6-15(10-16)12-21-19(24)13-28-18-9-5-8-17(11-18)23(26)27/h4-11,14H,3,12-13H2,1-2H3,(H,21,24)(H,22,25). The van der Waals surface area contributed by atoms with E-state index in [0.717, 1.165) is 12.0 Å². The number of non-ortho nitro benzene ring substituents is 1. The van der Waals surface area contributed by atoms with Crippen molar-refractivity contribution in [3.63, 3.8) is 0 Å². The van der Waals surface area contributed by atoms with Crippen LogP contribution in [0, 0.1) is 16.0 Å². The smallest absolute Gasteiger partial charge is 0.273 e. The lowest BCUT2D eigenvalue weighted by atomic mass is 10.1. The largest absolute Gasteiger partial charge is 0.484 e. The maximum absolute atomic E-state index is 12.0. The van der Waals surface area contributed by atoms with Crippen LogP contribution < -0.4 is 15.4 Å². The Balaban J connectivity index is 1.84. The number of benzene rings is 2. The minimum atomic E-state index is -0.528. The molecular weight excluding hydrogens is 362 g/mol. The van der Waals surface area contributed by atoms with Gasteiger partial charge in [-0.15, -0.1) is 0 Å². The zero-order chi connectivity index (χ0) is 20.5. The van der Waals surface area contributed by atoms with Crippen molar-refractivity contribution in [3.8, 4) is 5.75 Å². The maximum Gasteiger partial charge on any atom is 0.273 e. The second kappa shape index (κ2) is 10.1. The molecule has 0 aliphatic heterocycles. The van der Waals surface area contributed by atoms with Gasteiger partial charge in [-0.25, -0.2) is 0 Å². The van der Waals surface area contributed by atoms with Crippen molar-refractivity contribution in [2.45, 2.75) is 26.8 Å². The molecule has 2 amide bonds. The summed E-state index contributed by atoms with van der Waals surface area (Å²) in [5.74, 6) is -0.233. The lowest BCUT2D eigenvalue weighted by Crippen LogP contribution is -2.28. The first kappa shape index (κ1) is 20.9. The van der Waals surface area contributed by atoms with Crippen molar-refractivity contribution in [1.29, 1.82) is 0 Å². The predicted octanol–water partition coefficient (Wildman–Crippen LogP) is 3.27. The summed E-state index contributed by atoms with van der Waals surface area (Å²) in [6.07, 6.45) is 0.756. The summed E-state index contributed by atoms with van der Waals surface area (Å²) in [6, 6.07) is 12.9. The van der Waals surface area contributed by atoms with Crippen LogP contribution in [0.3, 0.4) is 0 Å². The Hall–Kier alpha value is -3.42. The van der Waals surface area contributed by atoms with E-state index >= 15 is 0 Å². The fourth-order valence-electron chi connectivity index (χ4n) is 2.30. The third-order valence-electron chi connectivity index (χ3n) is 4.14. The van der Waals surface area contributed by atoms with Crippen LogP contribution in [0.25, 0.3) is 0 Å². The van der Waals surface area contributed by atoms with Gasteiger partial charge in [-0.3, -0.25) is 19.7 Å². The highest BCUT2D eigenvalue weighted by molar-refractivity contribution is 5.92. The lowest BCUT2D eigenvalue weighted by Gasteiger charge is -2.12. The van der Waals surface area contributed by atoms with E-state index in [0.29, 0.717) is 5.69 Å². The molecule has 0 spiro atoms. The molecule has 28 heavy (non-hydrogen) atoms. The molecule has 0 aromatic heterocycles. The zero-order valence-corrected chi connectivity index (χ0v) is 15.8. The van der Waals surface area contributed by atoms with Crippen LogP contribution in [0.15, 0.2) is 48.5 Å². The number of anilines is 1. The molecule has 1 unspecified atom stereocenters. The lowest BCUT2D eigenvalue weighted by molar-refractivity contribution is -0.384. The van der Waals surface area contributed by atoms with E-state index in [2.05, 4.69) is 10.6 Å². The fourth-order valence-corrected chi connectivity index (χ4v) is 2.30. The van der Waals surface area contributed by atoms with Gasteiger partial charge < -0.3 is 15.4 Å². The summed E-state index contributed by atoms with van der Waals surface area (Å²) < 4.78 is 5.29. The van der Waals surface area contributed by atoms with Crippen LogP contribution in [0.2, 0.25) is 0 Å². The highest BCUT2D eigenvalue weighted by atomic mass is 16.6. The molecule has 0 saturated heterocycles. The molecule has 2 rings (SSSR count). The number of hydrogen-bond donors (Lipinski definition) is 2. The van der Waals surface area contributed by atoms with Gasteiger partial charge in [0.15, 0.2) is 6.61 Å². The van der Waals surface area contributed by atoms with Crippen LogP contribution in [0.4, 0.5) is 11.4 Å². The molecule has 2 N–H and O–H groups in total. The van der Waals surface area contributed by atoms with Crippen molar-refractivity contribution < 1.29 is 19.2 Å². The molecule has 1 atom stereocenters. The summed E-state index contributed by atoms with van der Waals surface area (Å²) in [7, 11) is 0. The maximum atomic E-state index is 12.0.